The molecule has 1 aliphatic heterocycles. The topological polar surface area (TPSA) is 82.6 Å². The van der Waals surface area contributed by atoms with Crippen LogP contribution in [0.2, 0.25) is 0 Å². The van der Waals surface area contributed by atoms with E-state index in [-0.39, 0.29) is 30.2 Å². The van der Waals surface area contributed by atoms with Gasteiger partial charge in [-0.15, -0.1) is 0 Å². The van der Waals surface area contributed by atoms with E-state index in [0.29, 0.717) is 5.56 Å². The van der Waals surface area contributed by atoms with E-state index in [4.69, 9.17) is 0 Å². The molecule has 116 valence electrons. The molecule has 22 heavy (non-hydrogen) atoms. The first-order valence-corrected chi connectivity index (χ1v) is 7.27. The van der Waals surface area contributed by atoms with E-state index >= 15 is 0 Å². The molecule has 2 fully saturated rings. The molecule has 1 saturated carbocycles. The lowest BCUT2D eigenvalue weighted by Gasteiger charge is -2.26. The fourth-order valence-corrected chi connectivity index (χ4v) is 2.61. The molecule has 1 aromatic rings. The van der Waals surface area contributed by atoms with Gasteiger partial charge in [-0.25, -0.2) is 4.98 Å². The number of hydrogen-bond acceptors (Lipinski definition) is 5. The summed E-state index contributed by atoms with van der Waals surface area (Å²) in [6, 6.07) is 2.82. The number of imide groups is 1. The lowest BCUT2D eigenvalue weighted by Crippen LogP contribution is -2.46. The van der Waals surface area contributed by atoms with E-state index in [0.717, 1.165) is 18.7 Å². The molecule has 1 aliphatic carbocycles. The minimum absolute atomic E-state index is 0.0441. The Kier molecular flexibility index (Phi) is 3.56. The number of aromatic nitrogens is 1. The average molecular weight is 302 g/mol. The fraction of sp³-hybridized carbons (Fsp3) is 0.467. The van der Waals surface area contributed by atoms with Gasteiger partial charge in [-0.1, -0.05) is 0 Å². The predicted molar refractivity (Wildman–Crippen MR) is 79.3 cm³/mol. The molecule has 3 rings (SSSR count). The number of pyridine rings is 1. The number of amides is 3. The van der Waals surface area contributed by atoms with Crippen LogP contribution in [0.5, 0.6) is 0 Å². The summed E-state index contributed by atoms with van der Waals surface area (Å²) in [6.07, 6.45) is 3.30. The zero-order valence-corrected chi connectivity index (χ0v) is 12.6. The molecule has 7 heteroatoms. The van der Waals surface area contributed by atoms with Crippen LogP contribution in [0, 0.1) is 0 Å². The predicted octanol–water partition coefficient (Wildman–Crippen LogP) is 0.167. The molecule has 0 radical (unpaired) electrons. The van der Waals surface area contributed by atoms with Crippen LogP contribution in [-0.4, -0.2) is 53.8 Å². The Hall–Kier alpha value is -2.44. The molecule has 1 atom stereocenters. The average Bonchev–Trinajstić information content (AvgIpc) is 3.25. The maximum Gasteiger partial charge on any atom is 0.256 e. The summed E-state index contributed by atoms with van der Waals surface area (Å²) in [6.45, 7) is 0. The first-order valence-electron chi connectivity index (χ1n) is 7.27. The van der Waals surface area contributed by atoms with Crippen LogP contribution in [0.4, 0.5) is 5.82 Å². The minimum atomic E-state index is -0.693. The summed E-state index contributed by atoms with van der Waals surface area (Å²) in [5, 5.41) is 2.27. The third-order valence-corrected chi connectivity index (χ3v) is 3.91. The number of nitrogens with one attached hydrogen (secondary N) is 1. The highest BCUT2D eigenvalue weighted by Gasteiger charge is 2.44. The van der Waals surface area contributed by atoms with Gasteiger partial charge in [0.25, 0.3) is 5.91 Å². The van der Waals surface area contributed by atoms with Crippen molar-refractivity contribution in [3.05, 3.63) is 23.9 Å². The smallest absolute Gasteiger partial charge is 0.256 e. The molecule has 3 amide bonds. The second-order valence-corrected chi connectivity index (χ2v) is 5.88. The molecule has 2 aliphatic rings. The Morgan fingerprint density at radius 2 is 2.00 bits per heavy atom. The lowest BCUT2D eigenvalue weighted by atomic mass is 10.1. The number of carbonyl (C=O) groups excluding carboxylic acids is 3. The van der Waals surface area contributed by atoms with Crippen molar-refractivity contribution < 1.29 is 14.4 Å². The highest BCUT2D eigenvalue weighted by atomic mass is 16.2. The summed E-state index contributed by atoms with van der Waals surface area (Å²) in [5.74, 6) is -0.198. The minimum Gasteiger partial charge on any atom is -0.363 e. The summed E-state index contributed by atoms with van der Waals surface area (Å²) in [7, 11) is 3.74. The molecule has 2 heterocycles. The maximum absolute atomic E-state index is 12.7. The lowest BCUT2D eigenvalue weighted by molar-refractivity contribution is -0.126. The molecular formula is C15H18N4O3. The summed E-state index contributed by atoms with van der Waals surface area (Å²) < 4.78 is 0. The van der Waals surface area contributed by atoms with Gasteiger partial charge >= 0.3 is 0 Å². The molecular weight excluding hydrogens is 284 g/mol. The van der Waals surface area contributed by atoms with Crippen molar-refractivity contribution in [1.82, 2.24) is 15.2 Å². The van der Waals surface area contributed by atoms with E-state index in [2.05, 4.69) is 10.3 Å². The van der Waals surface area contributed by atoms with Gasteiger partial charge in [-0.05, 0) is 25.0 Å². The molecule has 1 saturated heterocycles. The highest BCUT2D eigenvalue weighted by Crippen LogP contribution is 2.32. The van der Waals surface area contributed by atoms with E-state index in [1.807, 2.05) is 19.0 Å². The van der Waals surface area contributed by atoms with Crippen LogP contribution in [0.1, 0.15) is 29.6 Å². The van der Waals surface area contributed by atoms with Gasteiger partial charge < -0.3 is 9.80 Å². The van der Waals surface area contributed by atoms with E-state index < -0.39 is 6.04 Å². The summed E-state index contributed by atoms with van der Waals surface area (Å²) >= 11 is 0. The molecule has 7 nitrogen and oxygen atoms in total. The van der Waals surface area contributed by atoms with E-state index in [1.165, 1.54) is 6.20 Å². The summed E-state index contributed by atoms with van der Waals surface area (Å²) in [4.78, 5) is 43.6. The third kappa shape index (κ3) is 2.66. The molecule has 0 aromatic carbocycles. The number of anilines is 1. The molecule has 0 spiro atoms. The fourth-order valence-electron chi connectivity index (χ4n) is 2.61. The second kappa shape index (κ2) is 5.40. The first kappa shape index (κ1) is 14.5. The third-order valence-electron chi connectivity index (χ3n) is 3.91. The standard InChI is InChI=1S/C15H18N4O3/c1-18(2)12-6-3-9(8-16-12)15(22)19(10-4-5-10)11-7-13(20)17-14(11)21/h3,6,8,10-11H,4-5,7H2,1-2H3,(H,17,20,21). The van der Waals surface area contributed by atoms with Gasteiger partial charge in [0.15, 0.2) is 0 Å². The van der Waals surface area contributed by atoms with Crippen molar-refractivity contribution in [3.63, 3.8) is 0 Å². The molecule has 1 N–H and O–H groups in total. The largest absolute Gasteiger partial charge is 0.363 e. The van der Waals surface area contributed by atoms with Gasteiger partial charge in [0.2, 0.25) is 11.8 Å². The van der Waals surface area contributed by atoms with Crippen molar-refractivity contribution in [2.75, 3.05) is 19.0 Å². The van der Waals surface area contributed by atoms with Crippen molar-refractivity contribution in [2.45, 2.75) is 31.3 Å². The Labute approximate surface area is 128 Å². The maximum atomic E-state index is 12.7. The van der Waals surface area contributed by atoms with Crippen molar-refractivity contribution in [2.24, 2.45) is 0 Å². The highest BCUT2D eigenvalue weighted by molar-refractivity contribution is 6.08. The summed E-state index contributed by atoms with van der Waals surface area (Å²) in [5.41, 5.74) is 0.435. The van der Waals surface area contributed by atoms with Gasteiger partial charge in [-0.2, -0.15) is 0 Å². The zero-order chi connectivity index (χ0) is 15.9. The molecule has 1 unspecified atom stereocenters. The number of carbonyl (C=O) groups is 3. The Morgan fingerprint density at radius 1 is 1.27 bits per heavy atom. The monoisotopic (exact) mass is 302 g/mol. The van der Waals surface area contributed by atoms with Gasteiger partial charge in [-0.3, -0.25) is 19.7 Å². The Balaban J connectivity index is 1.84. The van der Waals surface area contributed by atoms with E-state index in [1.54, 1.807) is 17.0 Å². The molecule has 0 bridgehead atoms. The zero-order valence-electron chi connectivity index (χ0n) is 12.6. The van der Waals surface area contributed by atoms with Crippen LogP contribution in [0.25, 0.3) is 0 Å². The van der Waals surface area contributed by atoms with Crippen LogP contribution >= 0.6 is 0 Å². The molecule has 1 aromatic heterocycles. The van der Waals surface area contributed by atoms with Crippen LogP contribution < -0.4 is 10.2 Å². The van der Waals surface area contributed by atoms with Crippen molar-refractivity contribution >= 4 is 23.5 Å². The van der Waals surface area contributed by atoms with E-state index in [9.17, 15) is 14.4 Å². The number of hydrogen-bond donors (Lipinski definition) is 1. The van der Waals surface area contributed by atoms with Crippen LogP contribution in [-0.2, 0) is 9.59 Å². The second-order valence-electron chi connectivity index (χ2n) is 5.88. The normalized spacial score (nSPS) is 20.7. The van der Waals surface area contributed by atoms with Crippen molar-refractivity contribution in [1.29, 1.82) is 0 Å². The van der Waals surface area contributed by atoms with Crippen LogP contribution in [0.15, 0.2) is 18.3 Å². The first-order chi connectivity index (χ1) is 10.5. The van der Waals surface area contributed by atoms with Gasteiger partial charge in [0.1, 0.15) is 11.9 Å². The number of rotatable bonds is 4. The Morgan fingerprint density at radius 3 is 2.45 bits per heavy atom. The number of nitrogens with zero attached hydrogens (tertiary/aromatic N) is 3. The van der Waals surface area contributed by atoms with Gasteiger partial charge in [0.05, 0.1) is 12.0 Å². The van der Waals surface area contributed by atoms with Crippen molar-refractivity contribution in [3.8, 4) is 0 Å². The van der Waals surface area contributed by atoms with Crippen LogP contribution in [0.3, 0.4) is 0 Å². The van der Waals surface area contributed by atoms with Gasteiger partial charge in [0, 0.05) is 26.3 Å². The Bertz CT molecular complexity index is 622. The SMILES string of the molecule is CN(C)c1ccc(C(=O)N(C2CC2)C2CC(=O)NC2=O)cn1. The quantitative estimate of drug-likeness (QED) is 0.802.